The number of nitrogens with zero attached hydrogens (tertiary/aromatic N) is 1. The molecule has 0 saturated heterocycles. The standard InChI is InChI=1S/C21H24N2O5/c1-23(17-6-3-2-4-7-17)19(24)14-28-21(26)15-9-11-16(12-10-15)22-20(25)18-8-5-13-27-18/h5,8-13,17H,2-4,6-7,14H2,1H3,(H,22,25). The number of esters is 1. The first-order valence-electron chi connectivity index (χ1n) is 9.42. The van der Waals surface area contributed by atoms with Gasteiger partial charge in [-0.3, -0.25) is 9.59 Å². The van der Waals surface area contributed by atoms with Crippen LogP contribution in [0.5, 0.6) is 0 Å². The quantitative estimate of drug-likeness (QED) is 0.770. The number of ether oxygens (including phenoxy) is 1. The van der Waals surface area contributed by atoms with E-state index in [9.17, 15) is 14.4 Å². The van der Waals surface area contributed by atoms with Crippen LogP contribution in [-0.2, 0) is 9.53 Å². The maximum absolute atomic E-state index is 12.3. The Morgan fingerprint density at radius 3 is 2.46 bits per heavy atom. The van der Waals surface area contributed by atoms with Crippen LogP contribution >= 0.6 is 0 Å². The van der Waals surface area contributed by atoms with Crippen LogP contribution in [0.25, 0.3) is 0 Å². The number of carbonyl (C=O) groups is 3. The van der Waals surface area contributed by atoms with Gasteiger partial charge in [0.1, 0.15) is 0 Å². The van der Waals surface area contributed by atoms with Crippen molar-refractivity contribution in [2.45, 2.75) is 38.1 Å². The van der Waals surface area contributed by atoms with Crippen LogP contribution in [0.4, 0.5) is 5.69 Å². The predicted molar refractivity (Wildman–Crippen MR) is 103 cm³/mol. The van der Waals surface area contributed by atoms with E-state index >= 15 is 0 Å². The smallest absolute Gasteiger partial charge is 0.338 e. The number of benzene rings is 1. The highest BCUT2D eigenvalue weighted by Crippen LogP contribution is 2.21. The van der Waals surface area contributed by atoms with E-state index < -0.39 is 5.97 Å². The van der Waals surface area contributed by atoms with Crippen molar-refractivity contribution in [3.05, 3.63) is 54.0 Å². The second kappa shape index (κ2) is 9.21. The van der Waals surface area contributed by atoms with Crippen molar-refractivity contribution in [3.8, 4) is 0 Å². The van der Waals surface area contributed by atoms with Crippen molar-refractivity contribution in [2.24, 2.45) is 0 Å². The Labute approximate surface area is 163 Å². The van der Waals surface area contributed by atoms with Crippen LogP contribution in [0.1, 0.15) is 53.0 Å². The lowest BCUT2D eigenvalue weighted by Gasteiger charge is -2.31. The summed E-state index contributed by atoms with van der Waals surface area (Å²) in [5, 5.41) is 2.67. The maximum Gasteiger partial charge on any atom is 0.338 e. The predicted octanol–water partition coefficient (Wildman–Crippen LogP) is 3.48. The molecule has 1 saturated carbocycles. The Morgan fingerprint density at radius 2 is 1.82 bits per heavy atom. The molecule has 0 radical (unpaired) electrons. The van der Waals surface area contributed by atoms with Gasteiger partial charge in [-0.1, -0.05) is 19.3 Å². The molecule has 0 aliphatic heterocycles. The van der Waals surface area contributed by atoms with Gasteiger partial charge in [0.15, 0.2) is 12.4 Å². The average Bonchev–Trinajstić information content (AvgIpc) is 3.27. The minimum Gasteiger partial charge on any atom is -0.459 e. The number of amides is 2. The van der Waals surface area contributed by atoms with Crippen molar-refractivity contribution in [2.75, 3.05) is 19.0 Å². The molecule has 0 unspecified atom stereocenters. The van der Waals surface area contributed by atoms with E-state index in [2.05, 4.69) is 5.32 Å². The lowest BCUT2D eigenvalue weighted by atomic mass is 9.94. The van der Waals surface area contributed by atoms with Crippen molar-refractivity contribution in [1.29, 1.82) is 0 Å². The number of hydrogen-bond acceptors (Lipinski definition) is 5. The van der Waals surface area contributed by atoms with Crippen molar-refractivity contribution >= 4 is 23.5 Å². The summed E-state index contributed by atoms with van der Waals surface area (Å²) in [6.45, 7) is -0.275. The van der Waals surface area contributed by atoms with Gasteiger partial charge in [-0.05, 0) is 49.2 Å². The van der Waals surface area contributed by atoms with Gasteiger partial charge in [0.2, 0.25) is 0 Å². The molecule has 1 aromatic carbocycles. The van der Waals surface area contributed by atoms with Crippen LogP contribution in [0, 0.1) is 0 Å². The third-order valence-corrected chi connectivity index (χ3v) is 4.97. The van der Waals surface area contributed by atoms with Crippen LogP contribution in [-0.4, -0.2) is 42.4 Å². The number of anilines is 1. The molecular weight excluding hydrogens is 360 g/mol. The number of carbonyl (C=O) groups excluding carboxylic acids is 3. The van der Waals surface area contributed by atoms with E-state index in [1.807, 2.05) is 0 Å². The SMILES string of the molecule is CN(C(=O)COC(=O)c1ccc(NC(=O)c2ccco2)cc1)C1CCCCC1. The number of furan rings is 1. The van der Waals surface area contributed by atoms with E-state index in [1.54, 1.807) is 36.2 Å². The molecule has 3 rings (SSSR count). The first kappa shape index (κ1) is 19.7. The zero-order valence-electron chi connectivity index (χ0n) is 15.8. The van der Waals surface area contributed by atoms with Gasteiger partial charge in [-0.2, -0.15) is 0 Å². The number of rotatable bonds is 6. The molecule has 2 amide bonds. The molecule has 28 heavy (non-hydrogen) atoms. The van der Waals surface area contributed by atoms with Crippen LogP contribution in [0.2, 0.25) is 0 Å². The molecule has 148 valence electrons. The molecule has 0 atom stereocenters. The monoisotopic (exact) mass is 384 g/mol. The van der Waals surface area contributed by atoms with Crippen LogP contribution in [0.3, 0.4) is 0 Å². The highest BCUT2D eigenvalue weighted by Gasteiger charge is 2.23. The van der Waals surface area contributed by atoms with Crippen molar-refractivity contribution < 1.29 is 23.5 Å². The molecule has 0 bridgehead atoms. The van der Waals surface area contributed by atoms with Gasteiger partial charge < -0.3 is 19.4 Å². The molecule has 2 aromatic rings. The summed E-state index contributed by atoms with van der Waals surface area (Å²) in [5.74, 6) is -0.947. The normalized spacial score (nSPS) is 14.3. The van der Waals surface area contributed by atoms with E-state index in [0.29, 0.717) is 11.3 Å². The second-order valence-electron chi connectivity index (χ2n) is 6.88. The third-order valence-electron chi connectivity index (χ3n) is 4.97. The Bertz CT molecular complexity index is 808. The zero-order valence-corrected chi connectivity index (χ0v) is 15.8. The lowest BCUT2D eigenvalue weighted by molar-refractivity contribution is -0.135. The van der Waals surface area contributed by atoms with Gasteiger partial charge in [-0.25, -0.2) is 4.79 Å². The highest BCUT2D eigenvalue weighted by molar-refractivity contribution is 6.02. The number of hydrogen-bond donors (Lipinski definition) is 1. The second-order valence-corrected chi connectivity index (χ2v) is 6.88. The van der Waals surface area contributed by atoms with Gasteiger partial charge >= 0.3 is 5.97 Å². The average molecular weight is 384 g/mol. The largest absolute Gasteiger partial charge is 0.459 e. The molecule has 7 nitrogen and oxygen atoms in total. The first-order chi connectivity index (χ1) is 13.5. The molecule has 1 aromatic heterocycles. The molecule has 1 heterocycles. The summed E-state index contributed by atoms with van der Waals surface area (Å²) >= 11 is 0. The summed E-state index contributed by atoms with van der Waals surface area (Å²) in [4.78, 5) is 38.1. The van der Waals surface area contributed by atoms with Crippen molar-refractivity contribution in [1.82, 2.24) is 4.90 Å². The lowest BCUT2D eigenvalue weighted by Crippen LogP contribution is -2.40. The Hall–Kier alpha value is -3.09. The molecular formula is C21H24N2O5. The van der Waals surface area contributed by atoms with E-state index in [-0.39, 0.29) is 30.2 Å². The molecule has 1 fully saturated rings. The summed E-state index contributed by atoms with van der Waals surface area (Å²) in [5.41, 5.74) is 0.829. The summed E-state index contributed by atoms with van der Waals surface area (Å²) in [7, 11) is 1.77. The fraction of sp³-hybridized carbons (Fsp3) is 0.381. The summed E-state index contributed by atoms with van der Waals surface area (Å²) in [6, 6.07) is 9.67. The first-order valence-corrected chi connectivity index (χ1v) is 9.42. The third kappa shape index (κ3) is 5.00. The van der Waals surface area contributed by atoms with E-state index in [1.165, 1.54) is 24.8 Å². The van der Waals surface area contributed by atoms with E-state index in [4.69, 9.17) is 9.15 Å². The van der Waals surface area contributed by atoms with Crippen molar-refractivity contribution in [3.63, 3.8) is 0 Å². The number of nitrogens with one attached hydrogen (secondary N) is 1. The topological polar surface area (TPSA) is 88.9 Å². The Morgan fingerprint density at radius 1 is 1.11 bits per heavy atom. The number of likely N-dealkylation sites (N-methyl/N-ethyl adjacent to an activating group) is 1. The molecule has 7 heteroatoms. The summed E-state index contributed by atoms with van der Waals surface area (Å²) < 4.78 is 10.2. The minimum absolute atomic E-state index is 0.192. The molecule has 1 aliphatic carbocycles. The Balaban J connectivity index is 1.49. The minimum atomic E-state index is -0.575. The van der Waals surface area contributed by atoms with Crippen LogP contribution in [0.15, 0.2) is 47.1 Å². The van der Waals surface area contributed by atoms with E-state index in [0.717, 1.165) is 25.7 Å². The molecule has 1 aliphatic rings. The summed E-state index contributed by atoms with van der Waals surface area (Å²) in [6.07, 6.45) is 6.89. The van der Waals surface area contributed by atoms with Gasteiger partial charge in [0.25, 0.3) is 11.8 Å². The van der Waals surface area contributed by atoms with Gasteiger partial charge in [-0.15, -0.1) is 0 Å². The molecule has 1 N–H and O–H groups in total. The highest BCUT2D eigenvalue weighted by atomic mass is 16.5. The van der Waals surface area contributed by atoms with Crippen LogP contribution < -0.4 is 5.32 Å². The molecule has 0 spiro atoms. The fourth-order valence-electron chi connectivity index (χ4n) is 3.27. The van der Waals surface area contributed by atoms with Gasteiger partial charge in [0, 0.05) is 18.8 Å². The van der Waals surface area contributed by atoms with Gasteiger partial charge in [0.05, 0.1) is 11.8 Å². The maximum atomic E-state index is 12.3. The zero-order chi connectivity index (χ0) is 19.9. The fourth-order valence-corrected chi connectivity index (χ4v) is 3.27. The Kier molecular flexibility index (Phi) is 6.47.